The van der Waals surface area contributed by atoms with Gasteiger partial charge in [-0.15, -0.1) is 11.3 Å². The van der Waals surface area contributed by atoms with E-state index in [0.717, 1.165) is 22.5 Å². The fourth-order valence-corrected chi connectivity index (χ4v) is 3.71. The highest BCUT2D eigenvalue weighted by Gasteiger charge is 2.37. The Labute approximate surface area is 123 Å². The van der Waals surface area contributed by atoms with Gasteiger partial charge in [-0.25, -0.2) is 4.98 Å². The average molecular weight is 320 g/mol. The molecule has 2 aromatic rings. The number of nitrogens with zero attached hydrogens (tertiary/aromatic N) is 1. The minimum absolute atomic E-state index is 0.129. The highest BCUT2D eigenvalue weighted by atomic mass is 32.1. The van der Waals surface area contributed by atoms with Crippen LogP contribution in [0.5, 0.6) is 0 Å². The van der Waals surface area contributed by atoms with Gasteiger partial charge in [-0.2, -0.15) is 24.5 Å². The van der Waals surface area contributed by atoms with E-state index >= 15 is 0 Å². The molecule has 1 N–H and O–H groups in total. The van der Waals surface area contributed by atoms with Crippen LogP contribution in [0.2, 0.25) is 0 Å². The molecule has 0 unspecified atom stereocenters. The van der Waals surface area contributed by atoms with E-state index in [-0.39, 0.29) is 17.5 Å². The molecule has 0 fully saturated rings. The number of hydrogen-bond acceptors (Lipinski definition) is 4. The summed E-state index contributed by atoms with van der Waals surface area (Å²) in [6, 6.07) is 0.129. The quantitative estimate of drug-likeness (QED) is 0.883. The first-order valence-corrected chi connectivity index (χ1v) is 7.88. The third-order valence-corrected chi connectivity index (χ3v) is 4.67. The van der Waals surface area contributed by atoms with Crippen LogP contribution in [-0.4, -0.2) is 11.0 Å². The molecule has 0 saturated heterocycles. The van der Waals surface area contributed by atoms with Gasteiger partial charge in [-0.05, 0) is 17.9 Å². The summed E-state index contributed by atoms with van der Waals surface area (Å²) < 4.78 is 39.1. The van der Waals surface area contributed by atoms with Crippen LogP contribution >= 0.6 is 22.7 Å². The lowest BCUT2D eigenvalue weighted by molar-refractivity contribution is -0.141. The Hall–Kier alpha value is -0.920. The fraction of sp³-hybridized carbons (Fsp3) is 0.462. The SMILES string of the molecule is Cc1cscc1-c1nc(C(F)(F)F)c(CNC(C)C)s1. The van der Waals surface area contributed by atoms with Crippen LogP contribution in [-0.2, 0) is 12.7 Å². The maximum Gasteiger partial charge on any atom is 0.434 e. The van der Waals surface area contributed by atoms with E-state index in [2.05, 4.69) is 10.3 Å². The summed E-state index contributed by atoms with van der Waals surface area (Å²) in [5.41, 5.74) is 0.985. The van der Waals surface area contributed by atoms with Gasteiger partial charge >= 0.3 is 6.18 Å². The highest BCUT2D eigenvalue weighted by Crippen LogP contribution is 2.39. The molecule has 0 bridgehead atoms. The third kappa shape index (κ3) is 3.39. The number of thiazole rings is 1. The van der Waals surface area contributed by atoms with Crippen molar-refractivity contribution in [3.63, 3.8) is 0 Å². The minimum Gasteiger partial charge on any atom is -0.310 e. The summed E-state index contributed by atoms with van der Waals surface area (Å²) >= 11 is 2.59. The molecule has 0 amide bonds. The number of aromatic nitrogens is 1. The molecule has 0 spiro atoms. The number of thiophene rings is 1. The Kier molecular flexibility index (Phi) is 4.51. The number of halogens is 3. The lowest BCUT2D eigenvalue weighted by atomic mass is 10.2. The van der Waals surface area contributed by atoms with Crippen molar-refractivity contribution in [1.29, 1.82) is 0 Å². The van der Waals surface area contributed by atoms with Crippen LogP contribution in [0.3, 0.4) is 0 Å². The van der Waals surface area contributed by atoms with Gasteiger partial charge in [0.05, 0.1) is 4.88 Å². The molecular weight excluding hydrogens is 305 g/mol. The van der Waals surface area contributed by atoms with Crippen molar-refractivity contribution in [3.05, 3.63) is 26.9 Å². The highest BCUT2D eigenvalue weighted by molar-refractivity contribution is 7.15. The lowest BCUT2D eigenvalue weighted by Crippen LogP contribution is -2.23. The molecule has 0 radical (unpaired) electrons. The minimum atomic E-state index is -4.41. The van der Waals surface area contributed by atoms with Crippen LogP contribution in [0.15, 0.2) is 10.8 Å². The van der Waals surface area contributed by atoms with Crippen molar-refractivity contribution in [2.75, 3.05) is 0 Å². The van der Waals surface area contributed by atoms with Crippen molar-refractivity contribution in [2.45, 2.75) is 39.5 Å². The van der Waals surface area contributed by atoms with E-state index in [1.54, 1.807) is 0 Å². The van der Waals surface area contributed by atoms with Gasteiger partial charge < -0.3 is 5.32 Å². The topological polar surface area (TPSA) is 24.9 Å². The number of rotatable bonds is 4. The zero-order chi connectivity index (χ0) is 14.9. The second-order valence-electron chi connectivity index (χ2n) is 4.79. The monoisotopic (exact) mass is 320 g/mol. The zero-order valence-electron chi connectivity index (χ0n) is 11.3. The molecule has 0 saturated carbocycles. The second-order valence-corrected chi connectivity index (χ2v) is 6.62. The van der Waals surface area contributed by atoms with Crippen molar-refractivity contribution >= 4 is 22.7 Å². The Morgan fingerprint density at radius 2 is 2.00 bits per heavy atom. The number of hydrogen-bond donors (Lipinski definition) is 1. The van der Waals surface area contributed by atoms with Crippen LogP contribution in [0, 0.1) is 6.92 Å². The van der Waals surface area contributed by atoms with Crippen LogP contribution in [0.4, 0.5) is 13.2 Å². The summed E-state index contributed by atoms with van der Waals surface area (Å²) in [7, 11) is 0. The van der Waals surface area contributed by atoms with Crippen LogP contribution in [0.1, 0.15) is 30.0 Å². The van der Waals surface area contributed by atoms with Gasteiger partial charge in [0.15, 0.2) is 5.69 Å². The molecule has 0 aromatic carbocycles. The van der Waals surface area contributed by atoms with Gasteiger partial charge in [-0.3, -0.25) is 0 Å². The van der Waals surface area contributed by atoms with Gasteiger partial charge in [0.1, 0.15) is 5.01 Å². The maximum absolute atomic E-state index is 13.0. The first kappa shape index (κ1) is 15.5. The molecule has 0 aliphatic heterocycles. The molecule has 2 nitrogen and oxygen atoms in total. The van der Waals surface area contributed by atoms with Crippen molar-refractivity contribution in [3.8, 4) is 10.6 Å². The summed E-state index contributed by atoms with van der Waals surface area (Å²) in [5, 5.41) is 7.22. The van der Waals surface area contributed by atoms with Crippen molar-refractivity contribution in [2.24, 2.45) is 0 Å². The van der Waals surface area contributed by atoms with Gasteiger partial charge in [0.2, 0.25) is 0 Å². The predicted molar refractivity (Wildman–Crippen MR) is 77.1 cm³/mol. The van der Waals surface area contributed by atoms with Crippen LogP contribution in [0.25, 0.3) is 10.6 Å². The smallest absolute Gasteiger partial charge is 0.310 e. The Morgan fingerprint density at radius 3 is 2.50 bits per heavy atom. The number of nitrogens with one attached hydrogen (secondary N) is 1. The van der Waals surface area contributed by atoms with Gasteiger partial charge in [0.25, 0.3) is 0 Å². The Bertz CT molecular complexity index is 585. The summed E-state index contributed by atoms with van der Waals surface area (Å²) in [5.74, 6) is 0. The van der Waals surface area contributed by atoms with Gasteiger partial charge in [-0.1, -0.05) is 13.8 Å². The maximum atomic E-state index is 13.0. The average Bonchev–Trinajstić information content (AvgIpc) is 2.91. The van der Waals surface area contributed by atoms with Crippen molar-refractivity contribution < 1.29 is 13.2 Å². The summed E-state index contributed by atoms with van der Waals surface area (Å²) in [6.45, 7) is 5.87. The Balaban J connectivity index is 2.39. The Morgan fingerprint density at radius 1 is 1.30 bits per heavy atom. The first-order chi connectivity index (χ1) is 9.29. The third-order valence-electron chi connectivity index (χ3n) is 2.72. The molecule has 2 rings (SSSR count). The number of aryl methyl sites for hydroxylation is 1. The molecule has 2 heterocycles. The molecule has 2 aromatic heterocycles. The van der Waals surface area contributed by atoms with E-state index in [0.29, 0.717) is 5.01 Å². The van der Waals surface area contributed by atoms with E-state index in [4.69, 9.17) is 0 Å². The molecule has 20 heavy (non-hydrogen) atoms. The summed E-state index contributed by atoms with van der Waals surface area (Å²) in [4.78, 5) is 4.07. The van der Waals surface area contributed by atoms with Crippen molar-refractivity contribution in [1.82, 2.24) is 10.3 Å². The lowest BCUT2D eigenvalue weighted by Gasteiger charge is -2.09. The van der Waals surface area contributed by atoms with E-state index in [1.165, 1.54) is 11.3 Å². The second kappa shape index (κ2) is 5.83. The van der Waals surface area contributed by atoms with E-state index in [9.17, 15) is 13.2 Å². The molecule has 0 atom stereocenters. The zero-order valence-corrected chi connectivity index (χ0v) is 13.0. The molecule has 0 aliphatic carbocycles. The summed E-state index contributed by atoms with van der Waals surface area (Å²) in [6.07, 6.45) is -4.41. The van der Waals surface area contributed by atoms with Gasteiger partial charge in [0, 0.05) is 23.5 Å². The largest absolute Gasteiger partial charge is 0.434 e. The van der Waals surface area contributed by atoms with Crippen LogP contribution < -0.4 is 5.32 Å². The van der Waals surface area contributed by atoms with E-state index < -0.39 is 11.9 Å². The molecule has 7 heteroatoms. The molecular formula is C13H15F3N2S2. The standard InChI is InChI=1S/C13H15F3N2S2/c1-7(2)17-4-10-11(13(14,15)16)18-12(20-10)9-6-19-5-8(9)3/h5-7,17H,4H2,1-3H3. The first-order valence-electron chi connectivity index (χ1n) is 6.12. The molecule has 0 aliphatic rings. The fourth-order valence-electron chi connectivity index (χ4n) is 1.68. The normalized spacial score (nSPS) is 12.3. The van der Waals surface area contributed by atoms with E-state index in [1.807, 2.05) is 31.5 Å². The predicted octanol–water partition coefficient (Wildman–Crippen LogP) is 4.70. The number of alkyl halides is 3. The molecule has 110 valence electrons.